The molecule has 2 heterocycles. The zero-order chi connectivity index (χ0) is 21.3. The lowest BCUT2D eigenvalue weighted by atomic mass is 10.1. The summed E-state index contributed by atoms with van der Waals surface area (Å²) in [6.45, 7) is 6.56. The minimum atomic E-state index is -0.900. The molecule has 29 heavy (non-hydrogen) atoms. The highest BCUT2D eigenvalue weighted by molar-refractivity contribution is 5.73. The lowest BCUT2D eigenvalue weighted by Gasteiger charge is -2.27. The van der Waals surface area contributed by atoms with Crippen molar-refractivity contribution in [1.29, 1.82) is 0 Å². The van der Waals surface area contributed by atoms with E-state index in [-0.39, 0.29) is 0 Å². The summed E-state index contributed by atoms with van der Waals surface area (Å²) in [7, 11) is 0. The molecule has 0 saturated heterocycles. The second-order valence-electron chi connectivity index (χ2n) is 7.76. The van der Waals surface area contributed by atoms with Crippen LogP contribution in [0.5, 0.6) is 0 Å². The Kier molecular flexibility index (Phi) is 8.20. The van der Waals surface area contributed by atoms with Crippen molar-refractivity contribution in [3.63, 3.8) is 0 Å². The molecule has 0 saturated carbocycles. The molecule has 4 N–H and O–H groups in total. The van der Waals surface area contributed by atoms with E-state index < -0.39 is 23.7 Å². The molecule has 0 aliphatic rings. The largest absolute Gasteiger partial charge is 0.480 e. The maximum atomic E-state index is 11.9. The van der Waals surface area contributed by atoms with Gasteiger partial charge in [0.2, 0.25) is 0 Å². The number of imidazole rings is 2. The summed E-state index contributed by atoms with van der Waals surface area (Å²) in [6.07, 6.45) is 7.95. The van der Waals surface area contributed by atoms with Crippen molar-refractivity contribution < 1.29 is 19.4 Å². The summed E-state index contributed by atoms with van der Waals surface area (Å²) in [5, 5.41) is 12.5. The molecule has 1 amide bonds. The van der Waals surface area contributed by atoms with Gasteiger partial charge in [0, 0.05) is 31.3 Å². The molecular weight excluding hydrogens is 376 g/mol. The Balaban J connectivity index is 1.88. The molecule has 0 fully saturated rings. The molecule has 1 unspecified atom stereocenters. The number of H-pyrrole nitrogens is 2. The fourth-order valence-electron chi connectivity index (χ4n) is 2.86. The zero-order valence-corrected chi connectivity index (χ0v) is 17.1. The molecule has 0 aromatic carbocycles. The van der Waals surface area contributed by atoms with E-state index in [2.05, 4.69) is 25.3 Å². The van der Waals surface area contributed by atoms with E-state index in [1.165, 1.54) is 0 Å². The molecular formula is C19H30N6O4. The zero-order valence-electron chi connectivity index (χ0n) is 17.1. The van der Waals surface area contributed by atoms with E-state index in [1.54, 1.807) is 45.6 Å². The molecule has 10 heteroatoms. The first-order chi connectivity index (χ1) is 13.7. The van der Waals surface area contributed by atoms with Gasteiger partial charge in [0.15, 0.2) is 0 Å². The quantitative estimate of drug-likeness (QED) is 0.420. The number of alkyl carbamates (subject to hydrolysis) is 1. The Labute approximate surface area is 170 Å². The maximum absolute atomic E-state index is 11.9. The van der Waals surface area contributed by atoms with Gasteiger partial charge in [-0.3, -0.25) is 9.69 Å². The van der Waals surface area contributed by atoms with E-state index in [0.29, 0.717) is 50.5 Å². The number of nitrogens with zero attached hydrogens (tertiary/aromatic N) is 3. The molecule has 0 bridgehead atoms. The van der Waals surface area contributed by atoms with Gasteiger partial charge in [-0.25, -0.2) is 14.8 Å². The minimum Gasteiger partial charge on any atom is -0.480 e. The minimum absolute atomic E-state index is 0.362. The van der Waals surface area contributed by atoms with Crippen LogP contribution in [0.4, 0.5) is 4.79 Å². The molecule has 0 radical (unpaired) electrons. The maximum Gasteiger partial charge on any atom is 0.407 e. The number of rotatable bonds is 11. The molecule has 160 valence electrons. The molecule has 10 nitrogen and oxygen atoms in total. The van der Waals surface area contributed by atoms with Crippen molar-refractivity contribution in [2.24, 2.45) is 0 Å². The Morgan fingerprint density at radius 3 is 2.17 bits per heavy atom. The molecule has 2 aromatic rings. The number of unbranched alkanes of at least 4 members (excludes halogenated alkanes) is 1. The third-order valence-corrected chi connectivity index (χ3v) is 4.11. The topological polar surface area (TPSA) is 136 Å². The van der Waals surface area contributed by atoms with Gasteiger partial charge >= 0.3 is 12.1 Å². The Morgan fingerprint density at radius 2 is 1.72 bits per heavy atom. The van der Waals surface area contributed by atoms with Crippen LogP contribution in [0.3, 0.4) is 0 Å². The predicted octanol–water partition coefficient (Wildman–Crippen LogP) is 2.28. The van der Waals surface area contributed by atoms with Crippen molar-refractivity contribution in [2.75, 3.05) is 6.54 Å². The summed E-state index contributed by atoms with van der Waals surface area (Å²) in [5.74, 6) is 0.479. The number of carbonyl (C=O) groups excluding carboxylic acids is 1. The number of aliphatic carboxylic acids is 1. The molecule has 0 aliphatic carbocycles. The van der Waals surface area contributed by atoms with E-state index in [0.717, 1.165) is 0 Å². The number of aromatic amines is 2. The van der Waals surface area contributed by atoms with Gasteiger partial charge in [0.05, 0.1) is 13.1 Å². The summed E-state index contributed by atoms with van der Waals surface area (Å²) < 4.78 is 5.19. The van der Waals surface area contributed by atoms with Crippen LogP contribution in [0.25, 0.3) is 0 Å². The van der Waals surface area contributed by atoms with E-state index >= 15 is 0 Å². The van der Waals surface area contributed by atoms with Gasteiger partial charge < -0.3 is 25.1 Å². The van der Waals surface area contributed by atoms with Crippen molar-refractivity contribution >= 4 is 12.1 Å². The number of aromatic nitrogens is 4. The first-order valence-electron chi connectivity index (χ1n) is 9.65. The van der Waals surface area contributed by atoms with E-state index in [9.17, 15) is 14.7 Å². The number of carboxylic acids is 1. The summed E-state index contributed by atoms with van der Waals surface area (Å²) in [6, 6.07) is -0.702. The van der Waals surface area contributed by atoms with Crippen LogP contribution < -0.4 is 5.32 Å². The molecule has 1 atom stereocenters. The average molecular weight is 406 g/mol. The summed E-state index contributed by atoms with van der Waals surface area (Å²) in [5.41, 5.74) is -0.545. The van der Waals surface area contributed by atoms with E-state index in [1.807, 2.05) is 4.90 Å². The highest BCUT2D eigenvalue weighted by Gasteiger charge is 2.27. The van der Waals surface area contributed by atoms with E-state index in [4.69, 9.17) is 4.74 Å². The van der Waals surface area contributed by atoms with Crippen LogP contribution in [0.2, 0.25) is 0 Å². The van der Waals surface area contributed by atoms with Gasteiger partial charge in [0.1, 0.15) is 23.3 Å². The Bertz CT molecular complexity index is 703. The van der Waals surface area contributed by atoms with Crippen LogP contribution in [-0.2, 0) is 22.6 Å². The number of ether oxygens (including phenoxy) is 1. The molecule has 0 spiro atoms. The fourth-order valence-corrected chi connectivity index (χ4v) is 2.86. The molecule has 0 aliphatic heterocycles. The van der Waals surface area contributed by atoms with Gasteiger partial charge in [-0.2, -0.15) is 0 Å². The lowest BCUT2D eigenvalue weighted by molar-refractivity contribution is -0.144. The summed E-state index contributed by atoms with van der Waals surface area (Å²) >= 11 is 0. The van der Waals surface area contributed by atoms with Gasteiger partial charge in [-0.05, 0) is 40.0 Å². The molecule has 2 aromatic heterocycles. The predicted molar refractivity (Wildman–Crippen MR) is 106 cm³/mol. The normalized spacial score (nSPS) is 12.7. The monoisotopic (exact) mass is 406 g/mol. The SMILES string of the molecule is CC(C)(C)OC(=O)NCCCCC(C(=O)O)N(Cc1ncc[nH]1)Cc1ncc[nH]1. The Morgan fingerprint density at radius 1 is 1.14 bits per heavy atom. The first kappa shape index (κ1) is 22.4. The molecule has 2 rings (SSSR count). The van der Waals surface area contributed by atoms with Crippen molar-refractivity contribution in [3.05, 3.63) is 36.4 Å². The Hall–Kier alpha value is -2.88. The van der Waals surface area contributed by atoms with Gasteiger partial charge in [-0.15, -0.1) is 0 Å². The van der Waals surface area contributed by atoms with Crippen LogP contribution in [-0.4, -0.2) is 60.2 Å². The van der Waals surface area contributed by atoms with Crippen LogP contribution in [0, 0.1) is 0 Å². The average Bonchev–Trinajstić information content (AvgIpc) is 3.29. The third kappa shape index (κ3) is 8.34. The van der Waals surface area contributed by atoms with Crippen LogP contribution in [0.15, 0.2) is 24.8 Å². The number of hydrogen-bond donors (Lipinski definition) is 4. The second-order valence-corrected chi connectivity index (χ2v) is 7.76. The van der Waals surface area contributed by atoms with Crippen LogP contribution >= 0.6 is 0 Å². The summed E-state index contributed by atoms with van der Waals surface area (Å²) in [4.78, 5) is 39.9. The smallest absolute Gasteiger partial charge is 0.407 e. The second kappa shape index (κ2) is 10.6. The van der Waals surface area contributed by atoms with Gasteiger partial charge in [-0.1, -0.05) is 0 Å². The van der Waals surface area contributed by atoms with Gasteiger partial charge in [0.25, 0.3) is 0 Å². The number of hydrogen-bond acceptors (Lipinski definition) is 6. The number of carbonyl (C=O) groups is 2. The first-order valence-corrected chi connectivity index (χ1v) is 9.65. The fraction of sp³-hybridized carbons (Fsp3) is 0.579. The highest BCUT2D eigenvalue weighted by atomic mass is 16.6. The standard InChI is InChI=1S/C19H30N6O4/c1-19(2,3)29-18(28)24-7-5-4-6-14(17(26)27)25(12-15-20-8-9-21-15)13-16-22-10-11-23-16/h8-11,14H,4-7,12-13H2,1-3H3,(H,20,21)(H,22,23)(H,24,28)(H,26,27). The number of carboxylic acid groups (broad SMARTS) is 1. The van der Waals surface area contributed by atoms with Crippen molar-refractivity contribution in [3.8, 4) is 0 Å². The lowest BCUT2D eigenvalue weighted by Crippen LogP contribution is -2.41. The van der Waals surface area contributed by atoms with Crippen molar-refractivity contribution in [2.45, 2.75) is 64.8 Å². The van der Waals surface area contributed by atoms with Crippen LogP contribution in [0.1, 0.15) is 51.7 Å². The van der Waals surface area contributed by atoms with Crippen molar-refractivity contribution in [1.82, 2.24) is 30.2 Å². The number of nitrogens with one attached hydrogen (secondary N) is 3. The number of amides is 1. The highest BCUT2D eigenvalue weighted by Crippen LogP contribution is 2.15. The third-order valence-electron chi connectivity index (χ3n) is 4.11.